The van der Waals surface area contributed by atoms with Gasteiger partial charge in [-0.05, 0) is 56.1 Å². The zero-order valence-electron chi connectivity index (χ0n) is 20.4. The summed E-state index contributed by atoms with van der Waals surface area (Å²) in [6.45, 7) is 11.7. The Bertz CT molecular complexity index is 1250. The van der Waals surface area contributed by atoms with Crippen molar-refractivity contribution in [3.05, 3.63) is 45.8 Å². The van der Waals surface area contributed by atoms with Gasteiger partial charge in [0, 0.05) is 17.0 Å². The molecule has 1 atom stereocenters. The van der Waals surface area contributed by atoms with Crippen LogP contribution in [0.3, 0.4) is 0 Å². The molecule has 1 aliphatic rings. The first-order chi connectivity index (χ1) is 16.2. The van der Waals surface area contributed by atoms with Gasteiger partial charge in [0.1, 0.15) is 11.1 Å². The number of carbonyl (C=O) groups is 1. The molecule has 34 heavy (non-hydrogen) atoms. The maximum Gasteiger partial charge on any atom is 0.235 e. The van der Waals surface area contributed by atoms with E-state index in [0.29, 0.717) is 28.2 Å². The van der Waals surface area contributed by atoms with Crippen LogP contribution in [0.5, 0.6) is 0 Å². The lowest BCUT2D eigenvalue weighted by Gasteiger charge is -2.33. The van der Waals surface area contributed by atoms with Crippen molar-refractivity contribution in [2.24, 2.45) is 11.3 Å². The zero-order valence-corrected chi connectivity index (χ0v) is 22.1. The van der Waals surface area contributed by atoms with Gasteiger partial charge in [-0.3, -0.25) is 4.79 Å². The third-order valence-electron chi connectivity index (χ3n) is 6.50. The molecule has 2 aromatic heterocycles. The number of anilines is 1. The summed E-state index contributed by atoms with van der Waals surface area (Å²) < 4.78 is 2.03. The van der Waals surface area contributed by atoms with Crippen LogP contribution in [-0.2, 0) is 24.2 Å². The Kier molecular flexibility index (Phi) is 7.15. The minimum absolute atomic E-state index is 0.129. The van der Waals surface area contributed by atoms with Gasteiger partial charge >= 0.3 is 0 Å². The highest BCUT2D eigenvalue weighted by Crippen LogP contribution is 2.44. The van der Waals surface area contributed by atoms with Crippen molar-refractivity contribution in [3.8, 4) is 17.5 Å². The number of hydrogen-bond donors (Lipinski definition) is 1. The molecule has 8 heteroatoms. The first-order valence-electron chi connectivity index (χ1n) is 11.7. The molecule has 1 N–H and O–H groups in total. The third kappa shape index (κ3) is 5.06. The van der Waals surface area contributed by atoms with E-state index in [1.165, 1.54) is 16.6 Å². The first kappa shape index (κ1) is 24.5. The first-order valence-corrected chi connectivity index (χ1v) is 13.5. The predicted molar refractivity (Wildman–Crippen MR) is 139 cm³/mol. The van der Waals surface area contributed by atoms with Crippen LogP contribution in [-0.4, -0.2) is 26.4 Å². The van der Waals surface area contributed by atoms with Gasteiger partial charge < -0.3 is 9.88 Å². The van der Waals surface area contributed by atoms with Gasteiger partial charge in [0.15, 0.2) is 11.0 Å². The standard InChI is InChI=1S/C26H31N5OS2/c1-6-31-23(17-9-7-8-16(2)12-17)29-30-25(31)33-15-22(32)28-24-20(14-27)19-11-10-18(26(3,4)5)13-21(19)34-24/h7-9,12,18H,6,10-11,13,15H2,1-5H3,(H,28,32)/t18-/m0/s1. The minimum Gasteiger partial charge on any atom is -0.316 e. The van der Waals surface area contributed by atoms with Crippen LogP contribution < -0.4 is 5.32 Å². The summed E-state index contributed by atoms with van der Waals surface area (Å²) in [5, 5.41) is 22.9. The number of nitrogens with zero attached hydrogens (tertiary/aromatic N) is 4. The van der Waals surface area contributed by atoms with Crippen molar-refractivity contribution in [2.75, 3.05) is 11.1 Å². The number of hydrogen-bond acceptors (Lipinski definition) is 6. The van der Waals surface area contributed by atoms with Gasteiger partial charge in [-0.25, -0.2) is 0 Å². The van der Waals surface area contributed by atoms with Crippen LogP contribution >= 0.6 is 23.1 Å². The normalized spacial score (nSPS) is 15.6. The molecule has 0 fully saturated rings. The van der Waals surface area contributed by atoms with E-state index in [1.54, 1.807) is 11.3 Å². The fourth-order valence-electron chi connectivity index (χ4n) is 4.50. The number of nitrogens with one attached hydrogen (secondary N) is 1. The number of aryl methyl sites for hydroxylation is 1. The van der Waals surface area contributed by atoms with Crippen LogP contribution in [0.25, 0.3) is 11.4 Å². The van der Waals surface area contributed by atoms with E-state index in [-0.39, 0.29) is 17.1 Å². The largest absolute Gasteiger partial charge is 0.316 e. The summed E-state index contributed by atoms with van der Waals surface area (Å²) in [6, 6.07) is 10.5. The number of amides is 1. The second kappa shape index (κ2) is 9.93. The molecule has 0 aliphatic heterocycles. The number of carbonyl (C=O) groups excluding carboxylic acids is 1. The molecular formula is C26H31N5OS2. The number of thiophene rings is 1. The van der Waals surface area contributed by atoms with E-state index in [1.807, 2.05) is 23.6 Å². The van der Waals surface area contributed by atoms with Gasteiger partial charge in [0.25, 0.3) is 0 Å². The van der Waals surface area contributed by atoms with Gasteiger partial charge in [0.2, 0.25) is 5.91 Å². The average molecular weight is 494 g/mol. The van der Waals surface area contributed by atoms with E-state index in [0.717, 1.165) is 41.8 Å². The molecule has 1 aliphatic carbocycles. The quantitative estimate of drug-likeness (QED) is 0.420. The minimum atomic E-state index is -0.129. The molecule has 3 aromatic rings. The molecule has 0 bridgehead atoms. The second-order valence-corrected chi connectivity index (χ2v) is 11.9. The van der Waals surface area contributed by atoms with Crippen LogP contribution in [0.15, 0.2) is 29.4 Å². The van der Waals surface area contributed by atoms with Crippen molar-refractivity contribution >= 4 is 34.0 Å². The van der Waals surface area contributed by atoms with E-state index < -0.39 is 0 Å². The monoisotopic (exact) mass is 493 g/mol. The molecule has 0 saturated heterocycles. The highest BCUT2D eigenvalue weighted by Gasteiger charge is 2.32. The summed E-state index contributed by atoms with van der Waals surface area (Å²) in [7, 11) is 0. The highest BCUT2D eigenvalue weighted by atomic mass is 32.2. The van der Waals surface area contributed by atoms with Crippen LogP contribution in [0.4, 0.5) is 5.00 Å². The maximum absolute atomic E-state index is 12.8. The summed E-state index contributed by atoms with van der Waals surface area (Å²) in [5.41, 5.74) is 4.19. The Labute approximate surface area is 209 Å². The summed E-state index contributed by atoms with van der Waals surface area (Å²) in [5.74, 6) is 1.48. The lowest BCUT2D eigenvalue weighted by molar-refractivity contribution is -0.113. The fraction of sp³-hybridized carbons (Fsp3) is 0.462. The molecule has 4 rings (SSSR count). The summed E-state index contributed by atoms with van der Waals surface area (Å²) in [4.78, 5) is 14.1. The summed E-state index contributed by atoms with van der Waals surface area (Å²) in [6.07, 6.45) is 2.97. The third-order valence-corrected chi connectivity index (χ3v) is 8.63. The fourth-order valence-corrected chi connectivity index (χ4v) is 6.60. The molecule has 178 valence electrons. The summed E-state index contributed by atoms with van der Waals surface area (Å²) >= 11 is 2.94. The maximum atomic E-state index is 12.8. The Morgan fingerprint density at radius 2 is 2.15 bits per heavy atom. The van der Waals surface area contributed by atoms with E-state index >= 15 is 0 Å². The van der Waals surface area contributed by atoms with E-state index in [4.69, 9.17) is 0 Å². The average Bonchev–Trinajstić information content (AvgIpc) is 3.36. The SMILES string of the molecule is CCn1c(SCC(=O)Nc2sc3c(c2C#N)CC[C@H](C(C)(C)C)C3)nnc1-c1cccc(C)c1. The van der Waals surface area contributed by atoms with Crippen molar-refractivity contribution in [1.29, 1.82) is 5.26 Å². The van der Waals surface area contributed by atoms with Gasteiger partial charge in [0.05, 0.1) is 11.3 Å². The number of fused-ring (bicyclic) bond motifs is 1. The number of benzene rings is 1. The molecule has 6 nitrogen and oxygen atoms in total. The zero-order chi connectivity index (χ0) is 24.5. The molecule has 0 saturated carbocycles. The molecular weight excluding hydrogens is 462 g/mol. The molecule has 0 unspecified atom stereocenters. The van der Waals surface area contributed by atoms with Gasteiger partial charge in [-0.1, -0.05) is 56.3 Å². The molecule has 0 spiro atoms. The highest BCUT2D eigenvalue weighted by molar-refractivity contribution is 7.99. The van der Waals surface area contributed by atoms with E-state index in [9.17, 15) is 10.1 Å². The number of nitriles is 1. The second-order valence-electron chi connectivity index (χ2n) is 9.88. The van der Waals surface area contributed by atoms with Crippen molar-refractivity contribution < 1.29 is 4.79 Å². The molecule has 0 radical (unpaired) electrons. The predicted octanol–water partition coefficient (Wildman–Crippen LogP) is 6.09. The Balaban J connectivity index is 1.46. The van der Waals surface area contributed by atoms with Gasteiger partial charge in [-0.2, -0.15) is 5.26 Å². The molecule has 1 amide bonds. The lowest BCUT2D eigenvalue weighted by Crippen LogP contribution is -2.26. The van der Waals surface area contributed by atoms with Crippen molar-refractivity contribution in [1.82, 2.24) is 14.8 Å². The van der Waals surface area contributed by atoms with Crippen LogP contribution in [0, 0.1) is 29.6 Å². The smallest absolute Gasteiger partial charge is 0.235 e. The van der Waals surface area contributed by atoms with E-state index in [2.05, 4.69) is 61.4 Å². The Morgan fingerprint density at radius 1 is 1.35 bits per heavy atom. The van der Waals surface area contributed by atoms with Crippen LogP contribution in [0.2, 0.25) is 0 Å². The Morgan fingerprint density at radius 3 is 2.82 bits per heavy atom. The Hall–Kier alpha value is -2.63. The topological polar surface area (TPSA) is 83.6 Å². The van der Waals surface area contributed by atoms with Crippen molar-refractivity contribution in [2.45, 2.75) is 65.6 Å². The van der Waals surface area contributed by atoms with Crippen LogP contribution in [0.1, 0.15) is 55.7 Å². The molecule has 2 heterocycles. The number of rotatable bonds is 6. The van der Waals surface area contributed by atoms with Crippen molar-refractivity contribution in [3.63, 3.8) is 0 Å². The number of thioether (sulfide) groups is 1. The number of aromatic nitrogens is 3. The molecule has 1 aromatic carbocycles. The van der Waals surface area contributed by atoms with Gasteiger partial charge in [-0.15, -0.1) is 21.5 Å². The lowest BCUT2D eigenvalue weighted by atomic mass is 9.72.